The van der Waals surface area contributed by atoms with E-state index in [1.54, 1.807) is 6.07 Å². The third-order valence-corrected chi connectivity index (χ3v) is 3.58. The van der Waals surface area contributed by atoms with Crippen LogP contribution in [-0.4, -0.2) is 10.1 Å². The zero-order chi connectivity index (χ0) is 13.7. The Balaban J connectivity index is 2.27. The highest BCUT2D eigenvalue weighted by Gasteiger charge is 2.13. The predicted octanol–water partition coefficient (Wildman–Crippen LogP) is 2.92. The van der Waals surface area contributed by atoms with Crippen molar-refractivity contribution in [3.8, 4) is 0 Å². The molecule has 98 valence electrons. The second-order valence-electron chi connectivity index (χ2n) is 4.79. The average molecular weight is 265 g/mol. The summed E-state index contributed by atoms with van der Waals surface area (Å²) in [5, 5.41) is 11.4. The molecular weight excluding hydrogens is 254 g/mol. The standard InChI is InChI=1S/C16H11NO3/c18-8-9-5-6-10-12(7-9)17-16(19)14-11-3-1-2-4-13(11)20-15(10)14/h1-7,18H,8H2,(H,17,19). The number of fused-ring (bicyclic) bond motifs is 5. The zero-order valence-electron chi connectivity index (χ0n) is 10.5. The molecule has 4 nitrogen and oxygen atoms in total. The summed E-state index contributed by atoms with van der Waals surface area (Å²) < 4.78 is 5.84. The lowest BCUT2D eigenvalue weighted by Crippen LogP contribution is -2.05. The van der Waals surface area contributed by atoms with Crippen LogP contribution in [0.2, 0.25) is 0 Å². The van der Waals surface area contributed by atoms with Gasteiger partial charge in [-0.05, 0) is 23.8 Å². The number of hydrogen-bond donors (Lipinski definition) is 2. The Morgan fingerprint density at radius 3 is 2.80 bits per heavy atom. The SMILES string of the molecule is O=c1[nH]c2cc(CO)ccc2c2oc3ccccc3c12. The summed E-state index contributed by atoms with van der Waals surface area (Å²) in [6.45, 7) is -0.0594. The average Bonchev–Trinajstić information content (AvgIpc) is 2.86. The number of pyridine rings is 1. The van der Waals surface area contributed by atoms with E-state index in [9.17, 15) is 9.90 Å². The molecule has 4 aromatic rings. The largest absolute Gasteiger partial charge is 0.455 e. The molecule has 0 radical (unpaired) electrons. The minimum absolute atomic E-state index is 0.0594. The zero-order valence-corrected chi connectivity index (χ0v) is 10.5. The maximum absolute atomic E-state index is 12.3. The Morgan fingerprint density at radius 1 is 1.10 bits per heavy atom. The van der Waals surface area contributed by atoms with Crippen molar-refractivity contribution < 1.29 is 9.52 Å². The van der Waals surface area contributed by atoms with Crippen molar-refractivity contribution >= 4 is 32.8 Å². The van der Waals surface area contributed by atoms with Crippen molar-refractivity contribution in [1.29, 1.82) is 0 Å². The lowest BCUT2D eigenvalue weighted by atomic mass is 10.1. The number of hydrogen-bond acceptors (Lipinski definition) is 3. The van der Waals surface area contributed by atoms with Gasteiger partial charge >= 0.3 is 0 Å². The van der Waals surface area contributed by atoms with Crippen LogP contribution in [0.15, 0.2) is 51.7 Å². The molecule has 0 aliphatic rings. The Labute approximate surface area is 113 Å². The third-order valence-electron chi connectivity index (χ3n) is 3.58. The fourth-order valence-electron chi connectivity index (χ4n) is 2.64. The first kappa shape index (κ1) is 11.3. The molecule has 0 fully saturated rings. The highest BCUT2D eigenvalue weighted by atomic mass is 16.3. The predicted molar refractivity (Wildman–Crippen MR) is 77.8 cm³/mol. The van der Waals surface area contributed by atoms with Crippen molar-refractivity contribution in [1.82, 2.24) is 4.98 Å². The number of H-pyrrole nitrogens is 1. The van der Waals surface area contributed by atoms with Gasteiger partial charge in [-0.3, -0.25) is 4.79 Å². The molecule has 0 amide bonds. The Kier molecular flexibility index (Phi) is 2.22. The molecule has 4 rings (SSSR count). The summed E-state index contributed by atoms with van der Waals surface area (Å²) in [7, 11) is 0. The number of furan rings is 1. The van der Waals surface area contributed by atoms with E-state index in [1.165, 1.54) is 0 Å². The molecule has 0 aliphatic carbocycles. The van der Waals surface area contributed by atoms with Crippen molar-refractivity contribution in [2.45, 2.75) is 6.61 Å². The Hall–Kier alpha value is -2.59. The van der Waals surface area contributed by atoms with Gasteiger partial charge in [0.2, 0.25) is 0 Å². The molecule has 0 saturated heterocycles. The highest BCUT2D eigenvalue weighted by Crippen LogP contribution is 2.30. The fourth-order valence-corrected chi connectivity index (χ4v) is 2.64. The molecule has 0 aliphatic heterocycles. The third kappa shape index (κ3) is 1.42. The van der Waals surface area contributed by atoms with Gasteiger partial charge in [-0.15, -0.1) is 0 Å². The van der Waals surface area contributed by atoms with Gasteiger partial charge in [-0.25, -0.2) is 0 Å². The van der Waals surface area contributed by atoms with Crippen LogP contribution in [0, 0.1) is 0 Å². The summed E-state index contributed by atoms with van der Waals surface area (Å²) in [5.41, 5.74) is 2.55. The van der Waals surface area contributed by atoms with E-state index in [2.05, 4.69) is 4.98 Å². The molecule has 2 heterocycles. The second kappa shape index (κ2) is 3.95. The summed E-state index contributed by atoms with van der Waals surface area (Å²) >= 11 is 0. The number of benzene rings is 2. The van der Waals surface area contributed by atoms with Gasteiger partial charge in [0.05, 0.1) is 17.5 Å². The fraction of sp³-hybridized carbons (Fsp3) is 0.0625. The van der Waals surface area contributed by atoms with E-state index in [4.69, 9.17) is 4.42 Å². The minimum atomic E-state index is -0.174. The van der Waals surface area contributed by atoms with Gasteiger partial charge in [0.1, 0.15) is 11.2 Å². The van der Waals surface area contributed by atoms with Gasteiger partial charge in [0.25, 0.3) is 5.56 Å². The lowest BCUT2D eigenvalue weighted by molar-refractivity contribution is 0.282. The van der Waals surface area contributed by atoms with Crippen LogP contribution in [0.4, 0.5) is 0 Å². The van der Waals surface area contributed by atoms with E-state index in [0.717, 1.165) is 16.3 Å². The molecule has 2 aromatic carbocycles. The van der Waals surface area contributed by atoms with Crippen molar-refractivity contribution in [3.63, 3.8) is 0 Å². The van der Waals surface area contributed by atoms with Crippen LogP contribution >= 0.6 is 0 Å². The Bertz CT molecular complexity index is 1010. The van der Waals surface area contributed by atoms with Gasteiger partial charge in [-0.1, -0.05) is 24.3 Å². The first-order valence-corrected chi connectivity index (χ1v) is 6.35. The smallest absolute Gasteiger partial charge is 0.260 e. The number of aromatic amines is 1. The number of para-hydroxylation sites is 1. The van der Waals surface area contributed by atoms with Crippen molar-refractivity contribution in [2.75, 3.05) is 0 Å². The Morgan fingerprint density at radius 2 is 1.95 bits per heavy atom. The molecule has 0 spiro atoms. The quantitative estimate of drug-likeness (QED) is 0.556. The number of aromatic nitrogens is 1. The highest BCUT2D eigenvalue weighted by molar-refractivity contribution is 6.13. The molecule has 0 unspecified atom stereocenters. The monoisotopic (exact) mass is 265 g/mol. The van der Waals surface area contributed by atoms with Crippen LogP contribution in [0.5, 0.6) is 0 Å². The van der Waals surface area contributed by atoms with E-state index >= 15 is 0 Å². The maximum Gasteiger partial charge on any atom is 0.260 e. The topological polar surface area (TPSA) is 66.2 Å². The van der Waals surface area contributed by atoms with E-state index in [-0.39, 0.29) is 12.2 Å². The maximum atomic E-state index is 12.3. The molecule has 2 aromatic heterocycles. The summed E-state index contributed by atoms with van der Waals surface area (Å²) in [4.78, 5) is 15.1. The number of aliphatic hydroxyl groups is 1. The van der Waals surface area contributed by atoms with Crippen LogP contribution in [0.1, 0.15) is 5.56 Å². The number of rotatable bonds is 1. The van der Waals surface area contributed by atoms with E-state index in [1.807, 2.05) is 36.4 Å². The summed E-state index contributed by atoms with van der Waals surface area (Å²) in [6, 6.07) is 13.0. The summed E-state index contributed by atoms with van der Waals surface area (Å²) in [5.74, 6) is 0. The van der Waals surface area contributed by atoms with Gasteiger partial charge in [-0.2, -0.15) is 0 Å². The van der Waals surface area contributed by atoms with Crippen LogP contribution < -0.4 is 5.56 Å². The molecule has 4 heteroatoms. The summed E-state index contributed by atoms with van der Waals surface area (Å²) in [6.07, 6.45) is 0. The minimum Gasteiger partial charge on any atom is -0.455 e. The van der Waals surface area contributed by atoms with Crippen LogP contribution in [-0.2, 0) is 6.61 Å². The lowest BCUT2D eigenvalue weighted by Gasteiger charge is -2.01. The normalized spacial score (nSPS) is 11.7. The number of nitrogens with one attached hydrogen (secondary N) is 1. The van der Waals surface area contributed by atoms with Gasteiger partial charge < -0.3 is 14.5 Å². The molecule has 0 bridgehead atoms. The first-order valence-electron chi connectivity index (χ1n) is 6.35. The van der Waals surface area contributed by atoms with Crippen molar-refractivity contribution in [2.24, 2.45) is 0 Å². The first-order chi connectivity index (χ1) is 9.78. The van der Waals surface area contributed by atoms with Crippen LogP contribution in [0.3, 0.4) is 0 Å². The number of aliphatic hydroxyl groups excluding tert-OH is 1. The molecule has 0 atom stereocenters. The molecule has 20 heavy (non-hydrogen) atoms. The van der Waals surface area contributed by atoms with E-state index in [0.29, 0.717) is 22.1 Å². The van der Waals surface area contributed by atoms with Gasteiger partial charge in [0.15, 0.2) is 0 Å². The second-order valence-corrected chi connectivity index (χ2v) is 4.79. The molecule has 2 N–H and O–H groups in total. The van der Waals surface area contributed by atoms with Crippen LogP contribution in [0.25, 0.3) is 32.8 Å². The van der Waals surface area contributed by atoms with Gasteiger partial charge in [0, 0.05) is 10.8 Å². The van der Waals surface area contributed by atoms with E-state index < -0.39 is 0 Å². The molecular formula is C16H11NO3. The molecule has 0 saturated carbocycles. The van der Waals surface area contributed by atoms with Crippen molar-refractivity contribution in [3.05, 3.63) is 58.4 Å².